The Morgan fingerprint density at radius 2 is 1.69 bits per heavy atom. The number of methoxy groups -OCH3 is 1. The molecule has 0 bridgehead atoms. The third-order valence-corrected chi connectivity index (χ3v) is 7.58. The van der Waals surface area contributed by atoms with Crippen LogP contribution in [0, 0.1) is 6.92 Å². The average molecular weight is 579 g/mol. The molecule has 0 aliphatic heterocycles. The molecule has 212 valence electrons. The fraction of sp³-hybridized carbons (Fsp3) is 0.242. The molecule has 0 spiro atoms. The molecule has 9 heteroatoms. The van der Waals surface area contributed by atoms with E-state index in [0.29, 0.717) is 40.4 Å². The summed E-state index contributed by atoms with van der Waals surface area (Å²) in [4.78, 5) is 36.9. The smallest absolute Gasteiger partial charge is 0.480 e. The molecule has 1 aromatic heterocycles. The maximum Gasteiger partial charge on any atom is 1.00 e. The van der Waals surface area contributed by atoms with Gasteiger partial charge in [-0.15, -0.1) is 0 Å². The number of carboxylic acid groups (broad SMARTS) is 1. The van der Waals surface area contributed by atoms with Crippen molar-refractivity contribution in [2.24, 2.45) is 0 Å². The first-order valence-electron chi connectivity index (χ1n) is 13.2. The standard InChI is InChI=1S/C33H33NO6S.Li/c1-20-7-5-6-8-25(20)27-19-24(13-14-26(27)32(36)34-28(33(37)38)17-18-41-4)31(39-3)30-16-15-29(40-30)23-11-9-22(10-12-23)21(2)35;/h5-16,19,28,31H,17-18H2,1-4H3,(H,34,36)(H,37,38);/q;+1. The Morgan fingerprint density at radius 1 is 0.976 bits per heavy atom. The molecular weight excluding hydrogens is 545 g/mol. The van der Waals surface area contributed by atoms with Crippen LogP contribution in [-0.4, -0.2) is 47.9 Å². The number of carbonyl (C=O) groups excluding carboxylic acids is 2. The first-order valence-corrected chi connectivity index (χ1v) is 14.6. The van der Waals surface area contributed by atoms with Crippen LogP contribution in [0.5, 0.6) is 0 Å². The summed E-state index contributed by atoms with van der Waals surface area (Å²) in [5, 5.41) is 12.4. The summed E-state index contributed by atoms with van der Waals surface area (Å²) < 4.78 is 12.0. The van der Waals surface area contributed by atoms with Gasteiger partial charge in [-0.05, 0) is 78.8 Å². The average Bonchev–Trinajstić information content (AvgIpc) is 3.45. The molecule has 0 aliphatic rings. The topological polar surface area (TPSA) is 106 Å². The summed E-state index contributed by atoms with van der Waals surface area (Å²) in [5.41, 5.74) is 5.10. The number of rotatable bonds is 12. The summed E-state index contributed by atoms with van der Waals surface area (Å²) in [6.45, 7) is 3.49. The van der Waals surface area contributed by atoms with E-state index >= 15 is 0 Å². The SMILES string of the molecule is COC(c1ccc(C(=O)NC(CCSC)C(=O)O)c(-c2ccccc2C)c1)c1ccc(-c2ccc(C(C)=O)cc2)o1.[Li+]. The molecule has 7 nitrogen and oxygen atoms in total. The summed E-state index contributed by atoms with van der Waals surface area (Å²) in [6, 6.07) is 23.1. The Bertz CT molecular complexity index is 1550. The minimum Gasteiger partial charge on any atom is -0.480 e. The molecule has 42 heavy (non-hydrogen) atoms. The number of thioether (sulfide) groups is 1. The van der Waals surface area contributed by atoms with Crippen LogP contribution in [0.3, 0.4) is 0 Å². The molecule has 0 saturated heterocycles. The number of benzene rings is 3. The van der Waals surface area contributed by atoms with Crippen molar-refractivity contribution in [1.29, 1.82) is 0 Å². The van der Waals surface area contributed by atoms with Crippen LogP contribution in [0.4, 0.5) is 0 Å². The van der Waals surface area contributed by atoms with Gasteiger partial charge in [-0.2, -0.15) is 11.8 Å². The molecule has 4 aromatic rings. The van der Waals surface area contributed by atoms with Gasteiger partial charge in [-0.3, -0.25) is 9.59 Å². The first kappa shape index (κ1) is 33.0. The van der Waals surface area contributed by atoms with Crippen LogP contribution < -0.4 is 24.2 Å². The molecule has 2 unspecified atom stereocenters. The van der Waals surface area contributed by atoms with Crippen molar-refractivity contribution in [3.63, 3.8) is 0 Å². The number of amides is 1. The van der Waals surface area contributed by atoms with Crippen LogP contribution >= 0.6 is 11.8 Å². The number of furan rings is 1. The van der Waals surface area contributed by atoms with E-state index in [2.05, 4.69) is 5.32 Å². The molecule has 2 N–H and O–H groups in total. The minimum atomic E-state index is -1.06. The second-order valence-corrected chi connectivity index (χ2v) is 10.7. The van der Waals surface area contributed by atoms with E-state index in [1.807, 2.05) is 67.8 Å². The van der Waals surface area contributed by atoms with Crippen molar-refractivity contribution < 1.29 is 47.5 Å². The molecule has 0 saturated carbocycles. The van der Waals surface area contributed by atoms with Crippen molar-refractivity contribution in [2.75, 3.05) is 19.1 Å². The van der Waals surface area contributed by atoms with E-state index in [4.69, 9.17) is 9.15 Å². The Labute approximate surface area is 262 Å². The zero-order valence-corrected chi connectivity index (χ0v) is 25.3. The molecule has 1 amide bonds. The number of nitrogens with one attached hydrogen (secondary N) is 1. The largest absolute Gasteiger partial charge is 1.00 e. The zero-order valence-electron chi connectivity index (χ0n) is 24.5. The van der Waals surface area contributed by atoms with Crippen LogP contribution in [-0.2, 0) is 9.53 Å². The molecular formula is C33H33LiNO6S+. The second kappa shape index (κ2) is 15.1. The molecule has 0 fully saturated rings. The monoisotopic (exact) mass is 578 g/mol. The van der Waals surface area contributed by atoms with E-state index < -0.39 is 24.0 Å². The number of hydrogen-bond acceptors (Lipinski definition) is 6. The third kappa shape index (κ3) is 7.64. The Balaban J connectivity index is 0.00000484. The van der Waals surface area contributed by atoms with Crippen molar-refractivity contribution >= 4 is 29.4 Å². The quantitative estimate of drug-likeness (QED) is 0.195. The van der Waals surface area contributed by atoms with Gasteiger partial charge in [0.05, 0.1) is 0 Å². The van der Waals surface area contributed by atoms with Gasteiger partial charge in [-0.1, -0.05) is 54.6 Å². The predicted molar refractivity (Wildman–Crippen MR) is 162 cm³/mol. The van der Waals surface area contributed by atoms with E-state index in [9.17, 15) is 19.5 Å². The molecule has 0 radical (unpaired) electrons. The van der Waals surface area contributed by atoms with Crippen molar-refractivity contribution in [3.05, 3.63) is 107 Å². The Hall–Kier alpha value is -3.54. The summed E-state index contributed by atoms with van der Waals surface area (Å²) >= 11 is 1.53. The molecule has 2 atom stereocenters. The minimum absolute atomic E-state index is 0. The van der Waals surface area contributed by atoms with Gasteiger partial charge in [0, 0.05) is 23.8 Å². The van der Waals surface area contributed by atoms with Crippen molar-refractivity contribution in [2.45, 2.75) is 32.4 Å². The van der Waals surface area contributed by atoms with Crippen molar-refractivity contribution in [1.82, 2.24) is 5.32 Å². The van der Waals surface area contributed by atoms with E-state index in [1.54, 1.807) is 31.4 Å². The van der Waals surface area contributed by atoms with Gasteiger partial charge in [0.15, 0.2) is 5.78 Å². The molecule has 1 heterocycles. The number of carboxylic acids is 1. The number of aliphatic carboxylic acids is 1. The number of ether oxygens (including phenoxy) is 1. The molecule has 4 rings (SSSR count). The number of aryl methyl sites for hydroxylation is 1. The number of Topliss-reactive ketones (excluding diaryl/α,β-unsaturated/α-hetero) is 1. The zero-order chi connectivity index (χ0) is 29.5. The number of carbonyl (C=O) groups is 3. The fourth-order valence-electron chi connectivity index (χ4n) is 4.68. The number of hydrogen-bond donors (Lipinski definition) is 2. The van der Waals surface area contributed by atoms with E-state index in [0.717, 1.165) is 22.3 Å². The normalized spacial score (nSPS) is 12.2. The van der Waals surface area contributed by atoms with E-state index in [1.165, 1.54) is 18.7 Å². The summed E-state index contributed by atoms with van der Waals surface area (Å²) in [7, 11) is 1.59. The maximum absolute atomic E-state index is 13.4. The Kier molecular flexibility index (Phi) is 11.8. The third-order valence-electron chi connectivity index (χ3n) is 6.94. The van der Waals surface area contributed by atoms with Gasteiger partial charge in [-0.25, -0.2) is 4.79 Å². The van der Waals surface area contributed by atoms with Crippen LogP contribution in [0.25, 0.3) is 22.5 Å². The van der Waals surface area contributed by atoms with Crippen LogP contribution in [0.1, 0.15) is 57.1 Å². The van der Waals surface area contributed by atoms with Crippen molar-refractivity contribution in [3.8, 4) is 22.5 Å². The van der Waals surface area contributed by atoms with Gasteiger partial charge in [0.2, 0.25) is 0 Å². The fourth-order valence-corrected chi connectivity index (χ4v) is 5.16. The molecule has 0 aliphatic carbocycles. The van der Waals surface area contributed by atoms with Gasteiger partial charge in [0.25, 0.3) is 5.91 Å². The van der Waals surface area contributed by atoms with E-state index in [-0.39, 0.29) is 24.6 Å². The van der Waals surface area contributed by atoms with Gasteiger partial charge >= 0.3 is 24.8 Å². The molecule has 3 aromatic carbocycles. The predicted octanol–water partition coefficient (Wildman–Crippen LogP) is 3.80. The summed E-state index contributed by atoms with van der Waals surface area (Å²) in [6.07, 6.45) is 1.66. The summed E-state index contributed by atoms with van der Waals surface area (Å²) in [5.74, 6) is 0.307. The second-order valence-electron chi connectivity index (χ2n) is 9.72. The first-order chi connectivity index (χ1) is 19.7. The number of ketones is 1. The van der Waals surface area contributed by atoms with Gasteiger partial charge < -0.3 is 19.6 Å². The van der Waals surface area contributed by atoms with Crippen LogP contribution in [0.15, 0.2) is 83.3 Å². The Morgan fingerprint density at radius 3 is 2.31 bits per heavy atom. The van der Waals surface area contributed by atoms with Gasteiger partial charge in [0.1, 0.15) is 23.7 Å². The van der Waals surface area contributed by atoms with Crippen LogP contribution in [0.2, 0.25) is 0 Å². The maximum atomic E-state index is 13.4.